The van der Waals surface area contributed by atoms with Gasteiger partial charge >= 0.3 is 0 Å². The Morgan fingerprint density at radius 2 is 1.65 bits per heavy atom. The van der Waals surface area contributed by atoms with Crippen LogP contribution in [0.5, 0.6) is 0 Å². The van der Waals surface area contributed by atoms with Crippen LogP contribution in [-0.4, -0.2) is 46.7 Å². The molecule has 1 unspecified atom stereocenters. The number of thiazole rings is 1. The molecular weight excluding hydrogens is 414 g/mol. The van der Waals surface area contributed by atoms with Gasteiger partial charge in [-0.25, -0.2) is 4.98 Å². The molecule has 0 spiro atoms. The van der Waals surface area contributed by atoms with Gasteiger partial charge in [0.2, 0.25) is 17.7 Å². The average Bonchev–Trinajstić information content (AvgIpc) is 3.14. The molecule has 0 radical (unpaired) electrons. The molecule has 0 aliphatic carbocycles. The van der Waals surface area contributed by atoms with E-state index < -0.39 is 6.04 Å². The van der Waals surface area contributed by atoms with Crippen molar-refractivity contribution in [1.82, 2.24) is 9.88 Å². The van der Waals surface area contributed by atoms with Crippen molar-refractivity contribution in [1.29, 1.82) is 0 Å². The first kappa shape index (κ1) is 22.4. The number of carbonyl (C=O) groups is 3. The number of amides is 3. The first-order chi connectivity index (χ1) is 14.9. The summed E-state index contributed by atoms with van der Waals surface area (Å²) in [6.07, 6.45) is 0. The molecule has 0 bridgehead atoms. The van der Waals surface area contributed by atoms with E-state index >= 15 is 0 Å². The highest BCUT2D eigenvalue weighted by Crippen LogP contribution is 2.25. The van der Waals surface area contributed by atoms with E-state index in [1.54, 1.807) is 36.1 Å². The Kier molecular flexibility index (Phi) is 7.32. The number of hydrogen-bond acceptors (Lipinski definition) is 6. The minimum atomic E-state index is -0.509. The molecule has 3 aromatic rings. The van der Waals surface area contributed by atoms with Gasteiger partial charge in [-0.3, -0.25) is 19.3 Å². The predicted molar refractivity (Wildman–Crippen MR) is 124 cm³/mol. The molecule has 3 N–H and O–H groups in total. The van der Waals surface area contributed by atoms with Crippen LogP contribution in [0.1, 0.15) is 20.8 Å². The molecule has 0 saturated carbocycles. The van der Waals surface area contributed by atoms with Gasteiger partial charge < -0.3 is 16.0 Å². The third kappa shape index (κ3) is 6.09. The molecule has 1 heterocycles. The number of rotatable bonds is 8. The van der Waals surface area contributed by atoms with E-state index in [0.717, 1.165) is 10.2 Å². The van der Waals surface area contributed by atoms with E-state index in [2.05, 4.69) is 20.9 Å². The lowest BCUT2D eigenvalue weighted by Gasteiger charge is -2.25. The minimum Gasteiger partial charge on any atom is -0.326 e. The topological polar surface area (TPSA) is 103 Å². The maximum Gasteiger partial charge on any atom is 0.243 e. The number of benzene rings is 2. The van der Waals surface area contributed by atoms with Gasteiger partial charge in [-0.15, -0.1) is 0 Å². The molecule has 0 fully saturated rings. The average molecular weight is 440 g/mol. The second-order valence-electron chi connectivity index (χ2n) is 7.02. The van der Waals surface area contributed by atoms with Crippen molar-refractivity contribution in [3.63, 3.8) is 0 Å². The quantitative estimate of drug-likeness (QED) is 0.498. The molecule has 8 nitrogen and oxygen atoms in total. The summed E-state index contributed by atoms with van der Waals surface area (Å²) in [6, 6.07) is 14.0. The van der Waals surface area contributed by atoms with Crippen LogP contribution >= 0.6 is 11.3 Å². The summed E-state index contributed by atoms with van der Waals surface area (Å²) >= 11 is 1.42. The number of aromatic nitrogens is 1. The fourth-order valence-electron chi connectivity index (χ4n) is 3.05. The highest BCUT2D eigenvalue weighted by molar-refractivity contribution is 7.22. The number of nitrogens with zero attached hydrogens (tertiary/aromatic N) is 2. The van der Waals surface area contributed by atoms with Gasteiger partial charge in [0.1, 0.15) is 0 Å². The third-order valence-electron chi connectivity index (χ3n) is 4.69. The van der Waals surface area contributed by atoms with Gasteiger partial charge in [0, 0.05) is 18.3 Å². The van der Waals surface area contributed by atoms with Gasteiger partial charge in [0.15, 0.2) is 5.13 Å². The Balaban J connectivity index is 1.56. The number of para-hydroxylation sites is 1. The van der Waals surface area contributed by atoms with Gasteiger partial charge in [0.05, 0.1) is 22.8 Å². The number of hydrogen-bond donors (Lipinski definition) is 3. The van der Waals surface area contributed by atoms with Crippen LogP contribution < -0.4 is 16.0 Å². The molecule has 1 aromatic heterocycles. The maximum atomic E-state index is 12.7. The van der Waals surface area contributed by atoms with Crippen LogP contribution in [0.4, 0.5) is 16.5 Å². The summed E-state index contributed by atoms with van der Waals surface area (Å²) in [5.41, 5.74) is 2.11. The monoisotopic (exact) mass is 439 g/mol. The van der Waals surface area contributed by atoms with Crippen molar-refractivity contribution >= 4 is 55.8 Å². The Morgan fingerprint density at radius 1 is 1.00 bits per heavy atom. The van der Waals surface area contributed by atoms with Gasteiger partial charge in [0.25, 0.3) is 0 Å². The normalized spacial score (nSPS) is 11.9. The molecule has 2 aromatic carbocycles. The van der Waals surface area contributed by atoms with Crippen LogP contribution in [-0.2, 0) is 14.4 Å². The van der Waals surface area contributed by atoms with Crippen LogP contribution in [0.2, 0.25) is 0 Å². The van der Waals surface area contributed by atoms with Crippen molar-refractivity contribution in [2.45, 2.75) is 26.8 Å². The van der Waals surface area contributed by atoms with E-state index in [-0.39, 0.29) is 24.3 Å². The van der Waals surface area contributed by atoms with Crippen molar-refractivity contribution in [2.75, 3.05) is 29.0 Å². The molecule has 162 valence electrons. The maximum absolute atomic E-state index is 12.7. The smallest absolute Gasteiger partial charge is 0.243 e. The fraction of sp³-hybridized carbons (Fsp3) is 0.273. The zero-order valence-corrected chi connectivity index (χ0v) is 18.5. The number of anilines is 3. The standard InChI is InChI=1S/C22H25N5O3S/c1-4-27(13-20(29)24-17-11-9-16(10-12-17)23-15(3)28)14(2)21(30)26-22-25-18-7-5-6-8-19(18)31-22/h5-12,14H,4,13H2,1-3H3,(H,23,28)(H,24,29)(H,25,26,30). The zero-order chi connectivity index (χ0) is 22.4. The molecule has 0 saturated heterocycles. The highest BCUT2D eigenvalue weighted by Gasteiger charge is 2.23. The molecule has 31 heavy (non-hydrogen) atoms. The largest absolute Gasteiger partial charge is 0.326 e. The number of nitrogens with one attached hydrogen (secondary N) is 3. The van der Waals surface area contributed by atoms with Crippen molar-refractivity contribution in [3.05, 3.63) is 48.5 Å². The Bertz CT molecular complexity index is 1050. The summed E-state index contributed by atoms with van der Waals surface area (Å²) in [6.45, 7) is 5.70. The van der Waals surface area contributed by atoms with Crippen LogP contribution in [0.3, 0.4) is 0 Å². The molecule has 3 rings (SSSR count). The highest BCUT2D eigenvalue weighted by atomic mass is 32.1. The fourth-order valence-corrected chi connectivity index (χ4v) is 3.92. The van der Waals surface area contributed by atoms with Crippen molar-refractivity contribution < 1.29 is 14.4 Å². The SMILES string of the molecule is CCN(CC(=O)Nc1ccc(NC(C)=O)cc1)C(C)C(=O)Nc1nc2ccccc2s1. The van der Waals surface area contributed by atoms with E-state index in [9.17, 15) is 14.4 Å². The minimum absolute atomic E-state index is 0.0678. The summed E-state index contributed by atoms with van der Waals surface area (Å²) < 4.78 is 1.00. The molecular formula is C22H25N5O3S. The Hall–Kier alpha value is -3.30. The summed E-state index contributed by atoms with van der Waals surface area (Å²) in [5.74, 6) is -0.601. The Morgan fingerprint density at radius 3 is 2.26 bits per heavy atom. The van der Waals surface area contributed by atoms with E-state index in [1.165, 1.54) is 18.3 Å². The number of carbonyl (C=O) groups excluding carboxylic acids is 3. The van der Waals surface area contributed by atoms with Crippen LogP contribution in [0, 0.1) is 0 Å². The third-order valence-corrected chi connectivity index (χ3v) is 5.64. The molecule has 0 aliphatic heterocycles. The van der Waals surface area contributed by atoms with Crippen LogP contribution in [0.25, 0.3) is 10.2 Å². The molecule has 3 amide bonds. The lowest BCUT2D eigenvalue weighted by Crippen LogP contribution is -2.45. The van der Waals surface area contributed by atoms with Crippen LogP contribution in [0.15, 0.2) is 48.5 Å². The van der Waals surface area contributed by atoms with E-state index in [4.69, 9.17) is 0 Å². The predicted octanol–water partition coefficient (Wildman–Crippen LogP) is 3.54. The number of fused-ring (bicyclic) bond motifs is 1. The second-order valence-corrected chi connectivity index (χ2v) is 8.05. The van der Waals surface area contributed by atoms with Gasteiger partial charge in [-0.2, -0.15) is 0 Å². The molecule has 0 aliphatic rings. The van der Waals surface area contributed by atoms with Gasteiger partial charge in [-0.1, -0.05) is 30.4 Å². The first-order valence-electron chi connectivity index (χ1n) is 9.93. The first-order valence-corrected chi connectivity index (χ1v) is 10.8. The summed E-state index contributed by atoms with van der Waals surface area (Å²) in [5, 5.41) is 8.88. The molecule has 1 atom stereocenters. The summed E-state index contributed by atoms with van der Waals surface area (Å²) in [4.78, 5) is 42.5. The van der Waals surface area contributed by atoms with Gasteiger partial charge in [-0.05, 0) is 49.9 Å². The van der Waals surface area contributed by atoms with Crippen molar-refractivity contribution in [3.8, 4) is 0 Å². The lowest BCUT2D eigenvalue weighted by atomic mass is 10.2. The van der Waals surface area contributed by atoms with E-state index in [1.807, 2.05) is 31.2 Å². The second kappa shape index (κ2) is 10.1. The zero-order valence-electron chi connectivity index (χ0n) is 17.6. The number of likely N-dealkylation sites (N-methyl/N-ethyl adjacent to an activating group) is 1. The van der Waals surface area contributed by atoms with Crippen molar-refractivity contribution in [2.24, 2.45) is 0 Å². The van der Waals surface area contributed by atoms with E-state index in [0.29, 0.717) is 23.1 Å². The summed E-state index contributed by atoms with van der Waals surface area (Å²) in [7, 11) is 0. The lowest BCUT2D eigenvalue weighted by molar-refractivity contribution is -0.123. The molecule has 9 heteroatoms. The Labute approximate surface area is 184 Å².